The fourth-order valence-corrected chi connectivity index (χ4v) is 2.36. The molecule has 1 aromatic rings. The molecule has 3 nitrogen and oxygen atoms in total. The van der Waals surface area contributed by atoms with Gasteiger partial charge in [-0.25, -0.2) is 0 Å². The van der Waals surface area contributed by atoms with Crippen LogP contribution < -0.4 is 0 Å². The molecule has 1 aliphatic carbocycles. The van der Waals surface area contributed by atoms with E-state index < -0.39 is 6.10 Å². The van der Waals surface area contributed by atoms with Gasteiger partial charge in [0.15, 0.2) is 0 Å². The van der Waals surface area contributed by atoms with Crippen LogP contribution in [0.5, 0.6) is 0 Å². The third kappa shape index (κ3) is 2.06. The van der Waals surface area contributed by atoms with E-state index in [4.69, 9.17) is 0 Å². The third-order valence-electron chi connectivity index (χ3n) is 2.53. The topological polar surface area (TPSA) is 46.0 Å². The molecule has 1 atom stereocenters. The molecule has 1 aliphatic rings. The van der Waals surface area contributed by atoms with Crippen LogP contribution in [-0.4, -0.2) is 15.3 Å². The molecule has 0 spiro atoms. The van der Waals surface area contributed by atoms with Gasteiger partial charge in [0.2, 0.25) is 0 Å². The summed E-state index contributed by atoms with van der Waals surface area (Å²) >= 11 is 1.55. The van der Waals surface area contributed by atoms with Crippen molar-refractivity contribution >= 4 is 11.3 Å². The van der Waals surface area contributed by atoms with Crippen molar-refractivity contribution < 1.29 is 5.11 Å². The summed E-state index contributed by atoms with van der Waals surface area (Å²) in [6.45, 7) is 1.73. The molecule has 0 unspecified atom stereocenters. The van der Waals surface area contributed by atoms with E-state index in [1.54, 1.807) is 18.3 Å². The molecule has 0 bridgehead atoms. The van der Waals surface area contributed by atoms with Gasteiger partial charge in [0.1, 0.15) is 16.1 Å². The number of hydrogen-bond acceptors (Lipinski definition) is 4. The van der Waals surface area contributed by atoms with E-state index in [9.17, 15) is 5.11 Å². The molecule has 2 rings (SSSR count). The number of aliphatic hydroxyl groups excluding tert-OH is 1. The fraction of sp³-hybridized carbons (Fsp3) is 0.778. The van der Waals surface area contributed by atoms with E-state index in [-0.39, 0.29) is 0 Å². The first-order valence-corrected chi connectivity index (χ1v) is 5.57. The van der Waals surface area contributed by atoms with E-state index >= 15 is 0 Å². The summed E-state index contributed by atoms with van der Waals surface area (Å²) in [5.74, 6) is 0.829. The Hall–Kier alpha value is -0.480. The maximum Gasteiger partial charge on any atom is 0.145 e. The van der Waals surface area contributed by atoms with Gasteiger partial charge in [-0.3, -0.25) is 0 Å². The number of aromatic nitrogens is 2. The summed E-state index contributed by atoms with van der Waals surface area (Å²) in [6.07, 6.45) is 4.64. The van der Waals surface area contributed by atoms with Gasteiger partial charge in [-0.05, 0) is 12.8 Å². The molecule has 1 heterocycles. The first kappa shape index (κ1) is 9.09. The Bertz CT molecular complexity index is 281. The van der Waals surface area contributed by atoms with Gasteiger partial charge in [-0.15, -0.1) is 10.2 Å². The maximum atomic E-state index is 9.25. The molecule has 1 fully saturated rings. The van der Waals surface area contributed by atoms with Gasteiger partial charge in [0.25, 0.3) is 0 Å². The van der Waals surface area contributed by atoms with Crippen LogP contribution in [0.2, 0.25) is 0 Å². The smallest absolute Gasteiger partial charge is 0.145 e. The van der Waals surface area contributed by atoms with Crippen LogP contribution in [0.3, 0.4) is 0 Å². The molecule has 72 valence electrons. The van der Waals surface area contributed by atoms with Crippen LogP contribution in [0.4, 0.5) is 0 Å². The second-order valence-electron chi connectivity index (χ2n) is 3.71. The highest BCUT2D eigenvalue weighted by Crippen LogP contribution is 2.31. The highest BCUT2D eigenvalue weighted by atomic mass is 32.1. The van der Waals surface area contributed by atoms with Crippen molar-refractivity contribution in [1.82, 2.24) is 10.2 Å². The monoisotopic (exact) mass is 198 g/mol. The van der Waals surface area contributed by atoms with Crippen LogP contribution in [0.25, 0.3) is 0 Å². The minimum absolute atomic E-state index is 0.465. The predicted octanol–water partition coefficient (Wildman–Crippen LogP) is 1.93. The molecular formula is C9H14N2OS. The number of nitrogens with zero attached hydrogens (tertiary/aromatic N) is 2. The van der Waals surface area contributed by atoms with Crippen molar-refractivity contribution in [2.45, 2.75) is 38.7 Å². The molecule has 0 aromatic carbocycles. The lowest BCUT2D eigenvalue weighted by Crippen LogP contribution is -2.13. The zero-order chi connectivity index (χ0) is 9.26. The molecule has 13 heavy (non-hydrogen) atoms. The Morgan fingerprint density at radius 1 is 1.54 bits per heavy atom. The predicted molar refractivity (Wildman–Crippen MR) is 51.6 cm³/mol. The number of rotatable bonds is 3. The van der Waals surface area contributed by atoms with Crippen molar-refractivity contribution in [3.8, 4) is 0 Å². The maximum absolute atomic E-state index is 9.25. The normalized spacial score (nSPS) is 19.8. The molecule has 0 aliphatic heterocycles. The molecule has 4 heteroatoms. The van der Waals surface area contributed by atoms with Crippen LogP contribution in [-0.2, 0) is 6.42 Å². The van der Waals surface area contributed by atoms with Crippen molar-refractivity contribution in [1.29, 1.82) is 0 Å². The Morgan fingerprint density at radius 3 is 2.77 bits per heavy atom. The standard InChI is InChI=1S/C9H14N2OS/c1-6(12)9-11-10-8(13-9)5-7-3-2-4-7/h6-7,12H,2-5H2,1H3/t6-/m1/s1. The van der Waals surface area contributed by atoms with E-state index in [1.165, 1.54) is 19.3 Å². The van der Waals surface area contributed by atoms with Gasteiger partial charge in [-0.1, -0.05) is 30.6 Å². The second kappa shape index (κ2) is 3.72. The molecular weight excluding hydrogens is 184 g/mol. The fourth-order valence-electron chi connectivity index (χ4n) is 1.46. The first-order valence-electron chi connectivity index (χ1n) is 4.76. The molecule has 0 saturated heterocycles. The van der Waals surface area contributed by atoms with Gasteiger partial charge in [-0.2, -0.15) is 0 Å². The Labute approximate surface area is 81.8 Å². The zero-order valence-corrected chi connectivity index (χ0v) is 8.55. The van der Waals surface area contributed by atoms with Crippen molar-refractivity contribution in [3.63, 3.8) is 0 Å². The Morgan fingerprint density at radius 2 is 2.31 bits per heavy atom. The summed E-state index contributed by atoms with van der Waals surface area (Å²) in [6, 6.07) is 0. The van der Waals surface area contributed by atoms with E-state index in [2.05, 4.69) is 10.2 Å². The molecule has 1 N–H and O–H groups in total. The van der Waals surface area contributed by atoms with Gasteiger partial charge < -0.3 is 5.11 Å². The van der Waals surface area contributed by atoms with Crippen LogP contribution in [0.1, 0.15) is 42.3 Å². The van der Waals surface area contributed by atoms with E-state index in [0.29, 0.717) is 0 Å². The van der Waals surface area contributed by atoms with Crippen LogP contribution >= 0.6 is 11.3 Å². The molecule has 1 aromatic heterocycles. The lowest BCUT2D eigenvalue weighted by atomic mass is 9.83. The second-order valence-corrected chi connectivity index (χ2v) is 4.80. The highest BCUT2D eigenvalue weighted by Gasteiger charge is 2.20. The largest absolute Gasteiger partial charge is 0.386 e. The van der Waals surface area contributed by atoms with Gasteiger partial charge in [0, 0.05) is 6.42 Å². The lowest BCUT2D eigenvalue weighted by molar-refractivity contribution is 0.198. The Balaban J connectivity index is 1.96. The summed E-state index contributed by atoms with van der Waals surface area (Å²) in [5, 5.41) is 19.1. The van der Waals surface area contributed by atoms with E-state index in [1.807, 2.05) is 0 Å². The van der Waals surface area contributed by atoms with Crippen molar-refractivity contribution in [2.75, 3.05) is 0 Å². The summed E-state index contributed by atoms with van der Waals surface area (Å²) in [5.41, 5.74) is 0. The first-order chi connectivity index (χ1) is 6.25. The molecule has 1 saturated carbocycles. The minimum Gasteiger partial charge on any atom is -0.386 e. The number of hydrogen-bond donors (Lipinski definition) is 1. The molecule has 0 amide bonds. The quantitative estimate of drug-likeness (QED) is 0.807. The zero-order valence-electron chi connectivity index (χ0n) is 7.73. The van der Waals surface area contributed by atoms with Crippen LogP contribution in [0, 0.1) is 5.92 Å². The molecule has 0 radical (unpaired) electrons. The average molecular weight is 198 g/mol. The third-order valence-corrected chi connectivity index (χ3v) is 3.64. The minimum atomic E-state index is -0.465. The lowest BCUT2D eigenvalue weighted by Gasteiger charge is -2.23. The van der Waals surface area contributed by atoms with E-state index in [0.717, 1.165) is 22.4 Å². The Kier molecular flexibility index (Phi) is 2.60. The van der Waals surface area contributed by atoms with Crippen molar-refractivity contribution in [3.05, 3.63) is 10.0 Å². The van der Waals surface area contributed by atoms with Gasteiger partial charge in [0.05, 0.1) is 0 Å². The number of aliphatic hydroxyl groups is 1. The van der Waals surface area contributed by atoms with Crippen LogP contribution in [0.15, 0.2) is 0 Å². The summed E-state index contributed by atoms with van der Waals surface area (Å²) in [7, 11) is 0. The average Bonchev–Trinajstić information content (AvgIpc) is 2.44. The summed E-state index contributed by atoms with van der Waals surface area (Å²) in [4.78, 5) is 0. The highest BCUT2D eigenvalue weighted by molar-refractivity contribution is 7.11. The SMILES string of the molecule is C[C@@H](O)c1nnc(CC2CCC2)s1. The summed E-state index contributed by atoms with van der Waals surface area (Å²) < 4.78 is 0. The van der Waals surface area contributed by atoms with Crippen molar-refractivity contribution in [2.24, 2.45) is 5.92 Å². The van der Waals surface area contributed by atoms with Gasteiger partial charge >= 0.3 is 0 Å².